The molecule has 3 nitrogen and oxygen atoms in total. The summed E-state index contributed by atoms with van der Waals surface area (Å²) in [7, 11) is 1.67. The van der Waals surface area contributed by atoms with Crippen LogP contribution < -0.4 is 9.47 Å². The summed E-state index contributed by atoms with van der Waals surface area (Å²) in [5.74, 6) is 1.61. The van der Waals surface area contributed by atoms with Gasteiger partial charge in [-0.25, -0.2) is 0 Å². The van der Waals surface area contributed by atoms with E-state index in [1.165, 1.54) is 0 Å². The molecule has 0 aromatic heterocycles. The number of alkyl halides is 1. The lowest BCUT2D eigenvalue weighted by molar-refractivity contribution is 0.0166. The second kappa shape index (κ2) is 7.15. The smallest absolute Gasteiger partial charge is 0.161 e. The molecule has 4 heteroatoms. The summed E-state index contributed by atoms with van der Waals surface area (Å²) < 4.78 is 16.6. The van der Waals surface area contributed by atoms with Gasteiger partial charge in [-0.15, -0.1) is 0 Å². The molecular weight excluding hydrogens is 308 g/mol. The number of benzene rings is 1. The van der Waals surface area contributed by atoms with Crippen LogP contribution in [0.1, 0.15) is 19.3 Å². The fourth-order valence-electron chi connectivity index (χ4n) is 2.37. The van der Waals surface area contributed by atoms with Crippen LogP contribution in [-0.4, -0.2) is 32.3 Å². The first-order chi connectivity index (χ1) is 9.29. The third-order valence-corrected chi connectivity index (χ3v) is 4.99. The molecule has 0 atom stereocenters. The second-order valence-corrected chi connectivity index (χ2v) is 5.56. The van der Waals surface area contributed by atoms with E-state index in [4.69, 9.17) is 14.2 Å². The SMILES string of the molecule is COc1ccccc1OCCC1(CBr)CCOCC1. The standard InChI is InChI=1S/C15H21BrO3/c1-17-13-4-2-3-5-14(13)19-11-8-15(12-16)6-9-18-10-7-15/h2-5H,6-12H2,1H3. The van der Waals surface area contributed by atoms with Crippen LogP contribution >= 0.6 is 15.9 Å². The van der Waals surface area contributed by atoms with Gasteiger partial charge in [0.1, 0.15) is 0 Å². The average molecular weight is 329 g/mol. The molecule has 1 aliphatic rings. The summed E-state index contributed by atoms with van der Waals surface area (Å²) in [6.45, 7) is 2.44. The molecule has 0 spiro atoms. The molecule has 0 unspecified atom stereocenters. The molecule has 0 amide bonds. The zero-order chi connectivity index (χ0) is 13.6. The van der Waals surface area contributed by atoms with E-state index in [1.807, 2.05) is 24.3 Å². The van der Waals surface area contributed by atoms with Gasteiger partial charge in [-0.1, -0.05) is 28.1 Å². The molecule has 0 saturated carbocycles. The monoisotopic (exact) mass is 328 g/mol. The number of methoxy groups -OCH3 is 1. The number of hydrogen-bond acceptors (Lipinski definition) is 3. The van der Waals surface area contributed by atoms with E-state index in [0.29, 0.717) is 12.0 Å². The van der Waals surface area contributed by atoms with E-state index in [1.54, 1.807) is 7.11 Å². The van der Waals surface area contributed by atoms with E-state index >= 15 is 0 Å². The summed E-state index contributed by atoms with van der Waals surface area (Å²) in [6, 6.07) is 7.78. The van der Waals surface area contributed by atoms with Crippen molar-refractivity contribution in [1.82, 2.24) is 0 Å². The Hall–Kier alpha value is -0.740. The maximum absolute atomic E-state index is 5.87. The van der Waals surface area contributed by atoms with Crippen LogP contribution in [0.2, 0.25) is 0 Å². The van der Waals surface area contributed by atoms with Gasteiger partial charge in [-0.3, -0.25) is 0 Å². The fraction of sp³-hybridized carbons (Fsp3) is 0.600. The lowest BCUT2D eigenvalue weighted by atomic mass is 9.80. The van der Waals surface area contributed by atoms with Crippen LogP contribution in [0, 0.1) is 5.41 Å². The van der Waals surface area contributed by atoms with Gasteiger partial charge in [0.05, 0.1) is 13.7 Å². The van der Waals surface area contributed by atoms with Crippen LogP contribution in [0.5, 0.6) is 11.5 Å². The first-order valence-electron chi connectivity index (χ1n) is 6.69. The molecule has 0 N–H and O–H groups in total. The molecule has 1 aromatic rings. The summed E-state index contributed by atoms with van der Waals surface area (Å²) >= 11 is 3.65. The Morgan fingerprint density at radius 3 is 2.53 bits per heavy atom. The Balaban J connectivity index is 1.88. The van der Waals surface area contributed by atoms with Gasteiger partial charge >= 0.3 is 0 Å². The Kier molecular flexibility index (Phi) is 5.52. The van der Waals surface area contributed by atoms with E-state index in [-0.39, 0.29) is 0 Å². The first-order valence-corrected chi connectivity index (χ1v) is 7.81. The summed E-state index contributed by atoms with van der Waals surface area (Å²) in [6.07, 6.45) is 3.25. The van der Waals surface area contributed by atoms with Crippen molar-refractivity contribution in [1.29, 1.82) is 0 Å². The van der Waals surface area contributed by atoms with E-state index in [0.717, 1.165) is 49.3 Å². The largest absolute Gasteiger partial charge is 0.493 e. The van der Waals surface area contributed by atoms with Crippen LogP contribution in [0.15, 0.2) is 24.3 Å². The predicted molar refractivity (Wildman–Crippen MR) is 79.4 cm³/mol. The van der Waals surface area contributed by atoms with E-state index in [2.05, 4.69) is 15.9 Å². The number of halogens is 1. The van der Waals surface area contributed by atoms with Gasteiger partial charge in [0, 0.05) is 18.5 Å². The van der Waals surface area contributed by atoms with Crippen molar-refractivity contribution >= 4 is 15.9 Å². The highest BCUT2D eigenvalue weighted by Crippen LogP contribution is 2.36. The molecule has 0 bridgehead atoms. The van der Waals surface area contributed by atoms with Gasteiger partial charge in [0.2, 0.25) is 0 Å². The Labute approximate surface area is 123 Å². The number of hydrogen-bond donors (Lipinski definition) is 0. The third kappa shape index (κ3) is 3.86. The van der Waals surface area contributed by atoms with Crippen molar-refractivity contribution in [2.24, 2.45) is 5.41 Å². The molecule has 1 fully saturated rings. The number of rotatable bonds is 6. The van der Waals surface area contributed by atoms with Gasteiger partial charge in [-0.2, -0.15) is 0 Å². The summed E-state index contributed by atoms with van der Waals surface area (Å²) in [4.78, 5) is 0. The highest BCUT2D eigenvalue weighted by Gasteiger charge is 2.31. The highest BCUT2D eigenvalue weighted by atomic mass is 79.9. The van der Waals surface area contributed by atoms with Crippen LogP contribution in [0.3, 0.4) is 0 Å². The Bertz CT molecular complexity index is 389. The maximum Gasteiger partial charge on any atom is 0.161 e. The molecule has 106 valence electrons. The number of para-hydroxylation sites is 2. The zero-order valence-corrected chi connectivity index (χ0v) is 12.9. The minimum Gasteiger partial charge on any atom is -0.493 e. The van der Waals surface area contributed by atoms with Crippen LogP contribution in [0.25, 0.3) is 0 Å². The minimum absolute atomic E-state index is 0.320. The van der Waals surface area contributed by atoms with Crippen molar-refractivity contribution < 1.29 is 14.2 Å². The Morgan fingerprint density at radius 1 is 1.21 bits per heavy atom. The quantitative estimate of drug-likeness (QED) is 0.746. The molecule has 2 rings (SSSR count). The maximum atomic E-state index is 5.87. The summed E-state index contributed by atoms with van der Waals surface area (Å²) in [5, 5.41) is 1.01. The predicted octanol–water partition coefficient (Wildman–Crippen LogP) is 3.66. The lowest BCUT2D eigenvalue weighted by Crippen LogP contribution is -2.32. The number of ether oxygens (including phenoxy) is 3. The van der Waals surface area contributed by atoms with Crippen molar-refractivity contribution in [2.75, 3.05) is 32.3 Å². The average Bonchev–Trinajstić information content (AvgIpc) is 2.49. The van der Waals surface area contributed by atoms with Crippen molar-refractivity contribution in [3.63, 3.8) is 0 Å². The minimum atomic E-state index is 0.320. The molecule has 0 aliphatic carbocycles. The van der Waals surface area contributed by atoms with E-state index in [9.17, 15) is 0 Å². The highest BCUT2D eigenvalue weighted by molar-refractivity contribution is 9.09. The zero-order valence-electron chi connectivity index (χ0n) is 11.4. The Morgan fingerprint density at radius 2 is 1.89 bits per heavy atom. The molecule has 1 heterocycles. The molecule has 1 aliphatic heterocycles. The topological polar surface area (TPSA) is 27.7 Å². The fourth-order valence-corrected chi connectivity index (χ4v) is 3.21. The lowest BCUT2D eigenvalue weighted by Gasteiger charge is -2.35. The van der Waals surface area contributed by atoms with Gasteiger partial charge in [-0.05, 0) is 36.8 Å². The van der Waals surface area contributed by atoms with Crippen LogP contribution in [0.4, 0.5) is 0 Å². The van der Waals surface area contributed by atoms with Crippen molar-refractivity contribution in [3.8, 4) is 11.5 Å². The van der Waals surface area contributed by atoms with Gasteiger partial charge < -0.3 is 14.2 Å². The van der Waals surface area contributed by atoms with Gasteiger partial charge in [0.15, 0.2) is 11.5 Å². The molecular formula is C15H21BrO3. The molecule has 19 heavy (non-hydrogen) atoms. The second-order valence-electron chi connectivity index (χ2n) is 5.00. The molecule has 1 aromatic carbocycles. The first kappa shape index (κ1) is 14.7. The molecule has 0 radical (unpaired) electrons. The summed E-state index contributed by atoms with van der Waals surface area (Å²) in [5.41, 5.74) is 0.320. The third-order valence-electron chi connectivity index (χ3n) is 3.80. The van der Waals surface area contributed by atoms with E-state index < -0.39 is 0 Å². The normalized spacial score (nSPS) is 18.0. The van der Waals surface area contributed by atoms with Crippen LogP contribution in [-0.2, 0) is 4.74 Å². The van der Waals surface area contributed by atoms with Gasteiger partial charge in [0.25, 0.3) is 0 Å². The molecule has 1 saturated heterocycles. The van der Waals surface area contributed by atoms with Crippen molar-refractivity contribution in [3.05, 3.63) is 24.3 Å². The van der Waals surface area contributed by atoms with Crippen molar-refractivity contribution in [2.45, 2.75) is 19.3 Å².